The molecule has 0 heterocycles. The maximum Gasteiger partial charge on any atom is 0.267 e. The lowest BCUT2D eigenvalue weighted by Gasteiger charge is -2.13. The molecule has 4 aromatic rings. The van der Waals surface area contributed by atoms with Crippen molar-refractivity contribution in [1.29, 1.82) is 0 Å². The molecule has 210 valence electrons. The molecule has 4 amide bonds. The monoisotopic (exact) mass is 558 g/mol. The lowest BCUT2D eigenvalue weighted by atomic mass is 10.1. The summed E-state index contributed by atoms with van der Waals surface area (Å²) >= 11 is 0. The van der Waals surface area contributed by atoms with Gasteiger partial charge in [-0.25, -0.2) is 0 Å². The fraction of sp³-hybridized carbons (Fsp3) is 0.0588. The van der Waals surface area contributed by atoms with E-state index < -0.39 is 23.6 Å². The van der Waals surface area contributed by atoms with Gasteiger partial charge in [0, 0.05) is 24.2 Å². The van der Waals surface area contributed by atoms with E-state index in [1.165, 1.54) is 0 Å². The molecule has 42 heavy (non-hydrogen) atoms. The molecule has 8 nitrogen and oxygen atoms in total. The molecule has 4 aromatic carbocycles. The van der Waals surface area contributed by atoms with E-state index in [4.69, 9.17) is 0 Å². The third-order valence-electron chi connectivity index (χ3n) is 5.97. The minimum absolute atomic E-state index is 0.0566. The van der Waals surface area contributed by atoms with E-state index >= 15 is 0 Å². The Kier molecular flexibility index (Phi) is 10.5. The van der Waals surface area contributed by atoms with Crippen LogP contribution in [-0.4, -0.2) is 36.7 Å². The maximum absolute atomic E-state index is 13.1. The molecular weight excluding hydrogens is 528 g/mol. The van der Waals surface area contributed by atoms with Gasteiger partial charge in [0.25, 0.3) is 23.6 Å². The molecular formula is C34H30N4O4. The summed E-state index contributed by atoms with van der Waals surface area (Å²) in [6.07, 6.45) is 3.16. The normalized spacial score (nSPS) is 11.2. The van der Waals surface area contributed by atoms with E-state index in [0.29, 0.717) is 11.1 Å². The molecule has 0 saturated carbocycles. The molecule has 0 aliphatic carbocycles. The average molecular weight is 559 g/mol. The molecule has 0 fully saturated rings. The zero-order chi connectivity index (χ0) is 29.6. The van der Waals surface area contributed by atoms with Crippen LogP contribution in [0, 0.1) is 0 Å². The van der Waals surface area contributed by atoms with Crippen LogP contribution in [0.15, 0.2) is 133 Å². The first kappa shape index (κ1) is 29.2. The predicted octanol–water partition coefficient (Wildman–Crippen LogP) is 4.16. The number of carbonyl (C=O) groups excluding carboxylic acids is 4. The Labute approximate surface area is 244 Å². The van der Waals surface area contributed by atoms with Gasteiger partial charge in [-0.2, -0.15) is 0 Å². The highest BCUT2D eigenvalue weighted by Gasteiger charge is 2.16. The fourth-order valence-corrected chi connectivity index (χ4v) is 3.86. The quantitative estimate of drug-likeness (QED) is 0.163. The first-order valence-corrected chi connectivity index (χ1v) is 13.3. The smallest absolute Gasteiger partial charge is 0.267 e. The Bertz CT molecular complexity index is 1450. The van der Waals surface area contributed by atoms with E-state index in [1.54, 1.807) is 72.8 Å². The minimum atomic E-state index is -0.519. The van der Waals surface area contributed by atoms with Crippen LogP contribution in [0.2, 0.25) is 0 Å². The van der Waals surface area contributed by atoms with E-state index in [2.05, 4.69) is 21.3 Å². The minimum Gasteiger partial charge on any atom is -0.349 e. The Hall–Kier alpha value is -5.76. The van der Waals surface area contributed by atoms with Crippen molar-refractivity contribution in [1.82, 2.24) is 21.3 Å². The molecule has 0 aliphatic rings. The third-order valence-corrected chi connectivity index (χ3v) is 5.97. The first-order valence-electron chi connectivity index (χ1n) is 13.3. The molecule has 8 heteroatoms. The summed E-state index contributed by atoms with van der Waals surface area (Å²) in [4.78, 5) is 51.6. The number of amides is 4. The number of hydrogen-bond donors (Lipinski definition) is 4. The number of benzene rings is 4. The van der Waals surface area contributed by atoms with Crippen LogP contribution in [0.4, 0.5) is 0 Å². The maximum atomic E-state index is 13.1. The van der Waals surface area contributed by atoms with Crippen molar-refractivity contribution in [2.24, 2.45) is 0 Å². The Morgan fingerprint density at radius 3 is 1.10 bits per heavy atom. The molecule has 0 bridgehead atoms. The molecule has 4 N–H and O–H groups in total. The van der Waals surface area contributed by atoms with Crippen LogP contribution in [0.3, 0.4) is 0 Å². The van der Waals surface area contributed by atoms with E-state index in [0.717, 1.165) is 11.1 Å². The molecule has 0 saturated heterocycles. The Morgan fingerprint density at radius 2 is 0.762 bits per heavy atom. The number of hydrogen-bond acceptors (Lipinski definition) is 4. The lowest BCUT2D eigenvalue weighted by Crippen LogP contribution is -2.41. The topological polar surface area (TPSA) is 116 Å². The third kappa shape index (κ3) is 8.89. The van der Waals surface area contributed by atoms with Gasteiger partial charge in [-0.3, -0.25) is 19.2 Å². The molecule has 0 aromatic heterocycles. The lowest BCUT2D eigenvalue weighted by molar-refractivity contribution is -0.119. The van der Waals surface area contributed by atoms with Crippen LogP contribution >= 0.6 is 0 Å². The molecule has 0 atom stereocenters. The van der Waals surface area contributed by atoms with Crippen LogP contribution in [0.25, 0.3) is 12.2 Å². The van der Waals surface area contributed by atoms with Crippen LogP contribution in [0.5, 0.6) is 0 Å². The summed E-state index contributed by atoms with van der Waals surface area (Å²) in [7, 11) is 0. The summed E-state index contributed by atoms with van der Waals surface area (Å²) in [6.45, 7) is 0.145. The van der Waals surface area contributed by atoms with Gasteiger partial charge in [0.2, 0.25) is 0 Å². The summed E-state index contributed by atoms with van der Waals surface area (Å²) in [5.41, 5.74) is 2.39. The highest BCUT2D eigenvalue weighted by Crippen LogP contribution is 2.09. The standard InChI is InChI=1S/C34H30N4O4/c39-31(27-17-9-3-10-18-27)37-29(23-25-13-5-1-6-14-25)33(41)35-21-22-36-34(42)30(24-26-15-7-2-8-16-26)38-32(40)28-19-11-4-12-20-28/h1-20,23-24H,21-22H2,(H,35,41)(H,36,42)(H,37,39)(H,38,40)/b29-23-,30-24-. The second kappa shape index (κ2) is 15.1. The molecule has 4 rings (SSSR count). The van der Waals surface area contributed by atoms with Crippen molar-refractivity contribution in [2.75, 3.05) is 13.1 Å². The second-order valence-corrected chi connectivity index (χ2v) is 9.09. The molecule has 0 unspecified atom stereocenters. The zero-order valence-corrected chi connectivity index (χ0v) is 22.7. The predicted molar refractivity (Wildman–Crippen MR) is 163 cm³/mol. The number of carbonyl (C=O) groups is 4. The van der Waals surface area contributed by atoms with Gasteiger partial charge < -0.3 is 21.3 Å². The van der Waals surface area contributed by atoms with Gasteiger partial charge in [0.05, 0.1) is 0 Å². The zero-order valence-electron chi connectivity index (χ0n) is 22.7. The first-order chi connectivity index (χ1) is 20.5. The van der Waals surface area contributed by atoms with Crippen molar-refractivity contribution in [3.63, 3.8) is 0 Å². The van der Waals surface area contributed by atoms with Crippen molar-refractivity contribution in [3.8, 4) is 0 Å². The molecule has 0 spiro atoms. The number of rotatable bonds is 11. The van der Waals surface area contributed by atoms with Crippen LogP contribution in [-0.2, 0) is 9.59 Å². The summed E-state index contributed by atoms with van der Waals surface area (Å²) in [5, 5.41) is 10.8. The van der Waals surface area contributed by atoms with E-state index in [1.807, 2.05) is 60.7 Å². The summed E-state index contributed by atoms with van der Waals surface area (Å²) in [5.74, 6) is -1.89. The van der Waals surface area contributed by atoms with E-state index in [-0.39, 0.29) is 24.5 Å². The van der Waals surface area contributed by atoms with Crippen LogP contribution < -0.4 is 21.3 Å². The summed E-state index contributed by atoms with van der Waals surface area (Å²) < 4.78 is 0. The van der Waals surface area contributed by atoms with Crippen LogP contribution in [0.1, 0.15) is 31.8 Å². The van der Waals surface area contributed by atoms with E-state index in [9.17, 15) is 19.2 Å². The molecule has 0 aliphatic heterocycles. The highest BCUT2D eigenvalue weighted by atomic mass is 16.2. The highest BCUT2D eigenvalue weighted by molar-refractivity contribution is 6.06. The van der Waals surface area contributed by atoms with Crippen molar-refractivity contribution in [3.05, 3.63) is 155 Å². The van der Waals surface area contributed by atoms with Gasteiger partial charge in [0.1, 0.15) is 11.4 Å². The Morgan fingerprint density at radius 1 is 0.452 bits per heavy atom. The van der Waals surface area contributed by atoms with Gasteiger partial charge in [0.15, 0.2) is 0 Å². The largest absolute Gasteiger partial charge is 0.349 e. The summed E-state index contributed by atoms with van der Waals surface area (Å²) in [6, 6.07) is 35.4. The SMILES string of the molecule is O=C(NCCNC(=O)/C(=C/c1ccccc1)NC(=O)c1ccccc1)/C(=C/c1ccccc1)NC(=O)c1ccccc1. The van der Waals surface area contributed by atoms with Crippen molar-refractivity contribution >= 4 is 35.8 Å². The Balaban J connectivity index is 1.40. The number of nitrogens with one attached hydrogen (secondary N) is 4. The fourth-order valence-electron chi connectivity index (χ4n) is 3.86. The van der Waals surface area contributed by atoms with Crippen molar-refractivity contribution in [2.45, 2.75) is 0 Å². The van der Waals surface area contributed by atoms with Gasteiger partial charge in [-0.05, 0) is 47.5 Å². The van der Waals surface area contributed by atoms with Gasteiger partial charge in [-0.1, -0.05) is 97.1 Å². The van der Waals surface area contributed by atoms with Crippen molar-refractivity contribution < 1.29 is 19.2 Å². The van der Waals surface area contributed by atoms with Gasteiger partial charge >= 0.3 is 0 Å². The van der Waals surface area contributed by atoms with Gasteiger partial charge in [-0.15, -0.1) is 0 Å². The molecule has 0 radical (unpaired) electrons. The average Bonchev–Trinajstić information content (AvgIpc) is 3.04. The second-order valence-electron chi connectivity index (χ2n) is 9.09.